The average molecular weight is 270 g/mol. The van der Waals surface area contributed by atoms with Crippen LogP contribution in [0.15, 0.2) is 16.8 Å². The molecule has 0 aliphatic heterocycles. The van der Waals surface area contributed by atoms with E-state index < -0.39 is 16.1 Å². The number of nitrogens with zero attached hydrogens (tertiary/aromatic N) is 1. The van der Waals surface area contributed by atoms with Gasteiger partial charge in [0, 0.05) is 11.8 Å². The van der Waals surface area contributed by atoms with Gasteiger partial charge in [-0.05, 0) is 20.8 Å². The van der Waals surface area contributed by atoms with Crippen LogP contribution in [0.1, 0.15) is 20.8 Å². The van der Waals surface area contributed by atoms with Crippen molar-refractivity contribution in [3.05, 3.63) is 11.8 Å². The van der Waals surface area contributed by atoms with Crippen molar-refractivity contribution in [2.24, 2.45) is 4.99 Å². The maximum absolute atomic E-state index is 4.70. The summed E-state index contributed by atoms with van der Waals surface area (Å²) >= 11 is 0. The Morgan fingerprint density at radius 2 is 1.41 bits per heavy atom. The summed E-state index contributed by atoms with van der Waals surface area (Å²) in [5, 5.41) is 0. The summed E-state index contributed by atoms with van der Waals surface area (Å²) in [5.41, 5.74) is 3.07. The van der Waals surface area contributed by atoms with E-state index in [2.05, 4.69) is 78.0 Å². The fourth-order valence-corrected chi connectivity index (χ4v) is 3.43. The van der Waals surface area contributed by atoms with Crippen LogP contribution in [0.3, 0.4) is 0 Å². The van der Waals surface area contributed by atoms with Crippen molar-refractivity contribution in [3.8, 4) is 0 Å². The van der Waals surface area contributed by atoms with Gasteiger partial charge in [-0.25, -0.2) is 0 Å². The first kappa shape index (κ1) is 16.8. The minimum Gasteiger partial charge on any atom is -0.291 e. The molecule has 0 bridgehead atoms. The van der Waals surface area contributed by atoms with Crippen LogP contribution in [0, 0.1) is 0 Å². The largest absolute Gasteiger partial charge is 0.291 e. The molecule has 0 amide bonds. The lowest BCUT2D eigenvalue weighted by molar-refractivity contribution is 0.585. The van der Waals surface area contributed by atoms with Crippen molar-refractivity contribution in [1.82, 2.24) is 0 Å². The monoisotopic (exact) mass is 269 g/mol. The maximum atomic E-state index is 4.70. The van der Waals surface area contributed by atoms with Gasteiger partial charge in [-0.1, -0.05) is 51.1 Å². The normalized spacial score (nSPS) is 17.0. The zero-order valence-corrected chi connectivity index (χ0v) is 15.3. The predicted octanol–water partition coefficient (Wildman–Crippen LogP) is 5.00. The van der Waals surface area contributed by atoms with E-state index in [0.717, 1.165) is 0 Å². The molecule has 0 saturated heterocycles. The summed E-state index contributed by atoms with van der Waals surface area (Å²) < 4.78 is 0. The van der Waals surface area contributed by atoms with Gasteiger partial charge in [-0.3, -0.25) is 4.99 Å². The number of hydrogen-bond acceptors (Lipinski definition) is 1. The zero-order chi connectivity index (χ0) is 13.9. The molecule has 0 spiro atoms. The Morgan fingerprint density at radius 1 is 0.941 bits per heavy atom. The van der Waals surface area contributed by atoms with Crippen LogP contribution < -0.4 is 0 Å². The molecule has 0 aliphatic carbocycles. The molecule has 0 saturated carbocycles. The summed E-state index contributed by atoms with van der Waals surface area (Å²) in [4.78, 5) is 4.70. The highest BCUT2D eigenvalue weighted by Crippen LogP contribution is 2.23. The summed E-state index contributed by atoms with van der Waals surface area (Å²) in [5.74, 6) is 0. The van der Waals surface area contributed by atoms with Crippen LogP contribution in [0.2, 0.25) is 44.8 Å². The van der Waals surface area contributed by atoms with Crippen molar-refractivity contribution in [2.75, 3.05) is 0 Å². The van der Waals surface area contributed by atoms with Crippen LogP contribution >= 0.6 is 0 Å². The van der Waals surface area contributed by atoms with Crippen molar-refractivity contribution < 1.29 is 0 Å². The SMILES string of the molecule is CC(C)(C)N=CC(C=C[Si](C)(C)C)[Si](C)(C)C. The van der Waals surface area contributed by atoms with Gasteiger partial charge in [0.05, 0.1) is 21.7 Å². The molecule has 0 fully saturated rings. The highest BCUT2D eigenvalue weighted by molar-refractivity contribution is 6.82. The predicted molar refractivity (Wildman–Crippen MR) is 87.8 cm³/mol. The molecular weight excluding hydrogens is 238 g/mol. The molecule has 0 N–H and O–H groups in total. The Kier molecular flexibility index (Phi) is 5.60. The molecule has 1 nitrogen and oxygen atoms in total. The molecule has 100 valence electrons. The molecule has 17 heavy (non-hydrogen) atoms. The van der Waals surface area contributed by atoms with Gasteiger partial charge in [0.15, 0.2) is 0 Å². The van der Waals surface area contributed by atoms with Crippen molar-refractivity contribution in [3.63, 3.8) is 0 Å². The van der Waals surface area contributed by atoms with Crippen LogP contribution in [0.25, 0.3) is 0 Å². The standard InChI is InChI=1S/C14H31NSi2/c1-14(2,3)15-12-13(17(7,8)9)10-11-16(4,5)6/h10-13H,1-9H3. The van der Waals surface area contributed by atoms with E-state index in [0.29, 0.717) is 5.54 Å². The third-order valence-corrected chi connectivity index (χ3v) is 5.96. The lowest BCUT2D eigenvalue weighted by Crippen LogP contribution is -2.29. The first-order valence-corrected chi connectivity index (χ1v) is 13.7. The summed E-state index contributed by atoms with van der Waals surface area (Å²) in [6.07, 6.45) is 4.62. The Labute approximate surface area is 110 Å². The molecular formula is C14H31NSi2. The lowest BCUT2D eigenvalue weighted by Gasteiger charge is -2.25. The van der Waals surface area contributed by atoms with Gasteiger partial charge < -0.3 is 0 Å². The zero-order valence-electron chi connectivity index (χ0n) is 13.3. The van der Waals surface area contributed by atoms with E-state index >= 15 is 0 Å². The highest BCUT2D eigenvalue weighted by atomic mass is 28.3. The van der Waals surface area contributed by atoms with Crippen molar-refractivity contribution in [2.45, 2.75) is 71.1 Å². The van der Waals surface area contributed by atoms with E-state index in [1.165, 1.54) is 0 Å². The van der Waals surface area contributed by atoms with Crippen LogP contribution in [0.5, 0.6) is 0 Å². The fourth-order valence-electron chi connectivity index (χ4n) is 1.26. The first-order chi connectivity index (χ1) is 7.31. The highest BCUT2D eigenvalue weighted by Gasteiger charge is 2.24. The van der Waals surface area contributed by atoms with E-state index in [1.54, 1.807) is 0 Å². The van der Waals surface area contributed by atoms with Gasteiger partial charge in [0.25, 0.3) is 0 Å². The topological polar surface area (TPSA) is 12.4 Å². The smallest absolute Gasteiger partial charge is 0.0683 e. The molecule has 1 atom stereocenters. The van der Waals surface area contributed by atoms with E-state index in [4.69, 9.17) is 4.99 Å². The van der Waals surface area contributed by atoms with Crippen LogP contribution in [-0.4, -0.2) is 27.9 Å². The molecule has 0 aromatic rings. The quantitative estimate of drug-likeness (QED) is 0.503. The molecule has 1 unspecified atom stereocenters. The maximum Gasteiger partial charge on any atom is 0.0683 e. The third-order valence-electron chi connectivity index (χ3n) is 2.43. The number of rotatable bonds is 4. The van der Waals surface area contributed by atoms with Gasteiger partial charge in [0.1, 0.15) is 0 Å². The summed E-state index contributed by atoms with van der Waals surface area (Å²) in [6, 6.07) is 0. The first-order valence-electron chi connectivity index (χ1n) is 6.56. The molecule has 0 aromatic carbocycles. The lowest BCUT2D eigenvalue weighted by atomic mass is 10.1. The Balaban J connectivity index is 4.94. The van der Waals surface area contributed by atoms with Gasteiger partial charge >= 0.3 is 0 Å². The molecule has 0 aromatic heterocycles. The van der Waals surface area contributed by atoms with E-state index in [1.807, 2.05) is 0 Å². The van der Waals surface area contributed by atoms with Crippen LogP contribution in [-0.2, 0) is 0 Å². The second-order valence-electron chi connectivity index (χ2n) is 8.07. The number of hydrogen-bond donors (Lipinski definition) is 0. The summed E-state index contributed by atoms with van der Waals surface area (Å²) in [6.45, 7) is 20.9. The van der Waals surface area contributed by atoms with Crippen molar-refractivity contribution in [1.29, 1.82) is 0 Å². The minimum absolute atomic E-state index is 0.0465. The van der Waals surface area contributed by atoms with Gasteiger partial charge in [-0.2, -0.15) is 0 Å². The summed E-state index contributed by atoms with van der Waals surface area (Å²) in [7, 11) is -2.29. The molecule has 0 rings (SSSR count). The Morgan fingerprint density at radius 3 is 1.71 bits per heavy atom. The molecule has 0 heterocycles. The molecule has 3 heteroatoms. The van der Waals surface area contributed by atoms with Gasteiger partial charge in [0.2, 0.25) is 0 Å². The second kappa shape index (κ2) is 5.66. The third kappa shape index (κ3) is 9.54. The molecule has 0 radical (unpaired) electrons. The van der Waals surface area contributed by atoms with E-state index in [9.17, 15) is 0 Å². The van der Waals surface area contributed by atoms with Crippen LogP contribution in [0.4, 0.5) is 0 Å². The number of aliphatic imine (C=N–C) groups is 1. The second-order valence-corrected chi connectivity index (χ2v) is 18.5. The van der Waals surface area contributed by atoms with E-state index in [-0.39, 0.29) is 5.54 Å². The number of allylic oxidation sites excluding steroid dienone is 1. The Bertz CT molecular complexity index is 261. The van der Waals surface area contributed by atoms with Gasteiger partial charge in [-0.15, -0.1) is 0 Å². The minimum atomic E-state index is -1.20. The average Bonchev–Trinajstić information content (AvgIpc) is 1.96. The Hall–Kier alpha value is -0.156. The fraction of sp³-hybridized carbons (Fsp3) is 0.786. The molecule has 0 aliphatic rings. The van der Waals surface area contributed by atoms with Crippen molar-refractivity contribution >= 4 is 22.4 Å².